The maximum Gasteiger partial charge on any atom is 0.251 e. The van der Waals surface area contributed by atoms with Gasteiger partial charge in [0.25, 0.3) is 5.56 Å². The quantitative estimate of drug-likeness (QED) is 0.823. The molecule has 1 aromatic heterocycles. The third-order valence-electron chi connectivity index (χ3n) is 3.12. The van der Waals surface area contributed by atoms with Crippen LogP contribution >= 0.6 is 0 Å². The van der Waals surface area contributed by atoms with Crippen molar-refractivity contribution in [3.63, 3.8) is 0 Å². The number of hydrogen-bond acceptors (Lipinski definition) is 5. The molecule has 0 spiro atoms. The molecule has 0 bridgehead atoms. The number of H-pyrrole nitrogens is 1. The first-order chi connectivity index (χ1) is 8.85. The van der Waals surface area contributed by atoms with E-state index in [1.807, 2.05) is 13.8 Å². The Balaban J connectivity index is 2.20. The average molecular weight is 285 g/mol. The molecule has 1 aromatic rings. The Bertz CT molecular complexity index is 607. The molecule has 6 nitrogen and oxygen atoms in total. The lowest BCUT2D eigenvalue weighted by Gasteiger charge is -2.10. The second-order valence-electron chi connectivity index (χ2n) is 5.26. The van der Waals surface area contributed by atoms with E-state index in [0.717, 1.165) is 0 Å². The molecular weight excluding hydrogens is 266 g/mol. The van der Waals surface area contributed by atoms with Crippen LogP contribution in [0.15, 0.2) is 10.9 Å². The molecule has 1 saturated heterocycles. The van der Waals surface area contributed by atoms with E-state index in [1.165, 1.54) is 6.07 Å². The second-order valence-corrected chi connectivity index (χ2v) is 7.49. The van der Waals surface area contributed by atoms with Crippen LogP contribution in [0.25, 0.3) is 0 Å². The van der Waals surface area contributed by atoms with Crippen molar-refractivity contribution in [1.82, 2.24) is 15.3 Å². The predicted molar refractivity (Wildman–Crippen MR) is 72.8 cm³/mol. The van der Waals surface area contributed by atoms with E-state index < -0.39 is 9.84 Å². The number of nitrogens with one attached hydrogen (secondary N) is 2. The van der Waals surface area contributed by atoms with Crippen LogP contribution in [-0.4, -0.2) is 35.9 Å². The zero-order chi connectivity index (χ0) is 14.0. The van der Waals surface area contributed by atoms with E-state index >= 15 is 0 Å². The van der Waals surface area contributed by atoms with Gasteiger partial charge in [0.15, 0.2) is 9.84 Å². The summed E-state index contributed by atoms with van der Waals surface area (Å²) in [6.07, 6.45) is 0.534. The van der Waals surface area contributed by atoms with Crippen LogP contribution in [-0.2, 0) is 16.4 Å². The largest absolute Gasteiger partial charge is 0.310 e. The molecule has 1 atom stereocenters. The number of hydrogen-bond donors (Lipinski definition) is 2. The summed E-state index contributed by atoms with van der Waals surface area (Å²) in [5.41, 5.74) is 0.423. The molecule has 2 rings (SSSR count). The smallest absolute Gasteiger partial charge is 0.251 e. The van der Waals surface area contributed by atoms with Crippen LogP contribution in [0, 0.1) is 0 Å². The van der Waals surface area contributed by atoms with Crippen LogP contribution in [0.2, 0.25) is 0 Å². The van der Waals surface area contributed by atoms with Crippen molar-refractivity contribution >= 4 is 9.84 Å². The van der Waals surface area contributed by atoms with E-state index in [1.54, 1.807) is 0 Å². The predicted octanol–water partition coefficient (Wildman–Crippen LogP) is 0.170. The normalized spacial score (nSPS) is 21.9. The van der Waals surface area contributed by atoms with Crippen molar-refractivity contribution in [3.05, 3.63) is 27.9 Å². The molecule has 7 heteroatoms. The molecule has 1 unspecified atom stereocenters. The number of nitrogens with zero attached hydrogens (tertiary/aromatic N) is 1. The van der Waals surface area contributed by atoms with Gasteiger partial charge in [-0.25, -0.2) is 13.4 Å². The van der Waals surface area contributed by atoms with Crippen LogP contribution in [0.1, 0.15) is 37.7 Å². The van der Waals surface area contributed by atoms with Gasteiger partial charge in [0.05, 0.1) is 17.2 Å². The highest BCUT2D eigenvalue weighted by Gasteiger charge is 2.30. The Morgan fingerprint density at radius 3 is 2.84 bits per heavy atom. The molecule has 0 aliphatic carbocycles. The second kappa shape index (κ2) is 5.42. The van der Waals surface area contributed by atoms with E-state index in [-0.39, 0.29) is 23.0 Å². The van der Waals surface area contributed by atoms with Gasteiger partial charge in [0.1, 0.15) is 5.82 Å². The fraction of sp³-hybridized carbons (Fsp3) is 0.667. The third kappa shape index (κ3) is 3.87. The Morgan fingerprint density at radius 1 is 1.53 bits per heavy atom. The molecule has 106 valence electrons. The van der Waals surface area contributed by atoms with Gasteiger partial charge in [0.2, 0.25) is 0 Å². The summed E-state index contributed by atoms with van der Waals surface area (Å²) >= 11 is 0. The van der Waals surface area contributed by atoms with Gasteiger partial charge in [-0.1, -0.05) is 13.8 Å². The Morgan fingerprint density at radius 2 is 2.26 bits per heavy atom. The molecule has 1 aliphatic heterocycles. The average Bonchev–Trinajstić information content (AvgIpc) is 2.66. The first-order valence-electron chi connectivity index (χ1n) is 6.40. The number of rotatable bonds is 4. The molecule has 0 radical (unpaired) electrons. The summed E-state index contributed by atoms with van der Waals surface area (Å²) in [6, 6.07) is 1.75. The lowest BCUT2D eigenvalue weighted by molar-refractivity contribution is 0.574. The first kappa shape index (κ1) is 14.2. The summed E-state index contributed by atoms with van der Waals surface area (Å²) < 4.78 is 22.9. The van der Waals surface area contributed by atoms with Gasteiger partial charge in [-0.3, -0.25) is 4.79 Å². The highest BCUT2D eigenvalue weighted by atomic mass is 32.2. The summed E-state index contributed by atoms with van der Waals surface area (Å²) in [5, 5.41) is 3.19. The Labute approximate surface area is 112 Å². The van der Waals surface area contributed by atoms with Crippen molar-refractivity contribution in [2.24, 2.45) is 0 Å². The van der Waals surface area contributed by atoms with Crippen molar-refractivity contribution in [3.8, 4) is 0 Å². The molecule has 1 fully saturated rings. The zero-order valence-corrected chi connectivity index (χ0v) is 12.0. The fourth-order valence-corrected chi connectivity index (χ4v) is 3.88. The van der Waals surface area contributed by atoms with Crippen molar-refractivity contribution in [2.45, 2.75) is 38.8 Å². The summed E-state index contributed by atoms with van der Waals surface area (Å²) in [4.78, 5) is 18.6. The molecule has 0 saturated carbocycles. The van der Waals surface area contributed by atoms with Crippen molar-refractivity contribution in [1.29, 1.82) is 0 Å². The van der Waals surface area contributed by atoms with E-state index in [9.17, 15) is 13.2 Å². The Hall–Kier alpha value is -1.21. The number of aromatic amines is 1. The molecule has 2 heterocycles. The first-order valence-corrected chi connectivity index (χ1v) is 8.22. The monoisotopic (exact) mass is 285 g/mol. The topological polar surface area (TPSA) is 91.9 Å². The molecule has 0 amide bonds. The van der Waals surface area contributed by atoms with Crippen LogP contribution in [0.3, 0.4) is 0 Å². The summed E-state index contributed by atoms with van der Waals surface area (Å²) in [7, 11) is -2.97. The van der Waals surface area contributed by atoms with E-state index in [4.69, 9.17) is 0 Å². The van der Waals surface area contributed by atoms with Crippen LogP contribution in [0.4, 0.5) is 0 Å². The SMILES string of the molecule is CC(C)NCc1cc(=O)[nH]c(C2CCS(=O)(=O)C2)n1. The van der Waals surface area contributed by atoms with E-state index in [2.05, 4.69) is 15.3 Å². The lowest BCUT2D eigenvalue weighted by atomic mass is 10.1. The molecule has 0 aromatic carbocycles. The van der Waals surface area contributed by atoms with Gasteiger partial charge < -0.3 is 10.3 Å². The summed E-state index contributed by atoms with van der Waals surface area (Å²) in [6.45, 7) is 4.53. The summed E-state index contributed by atoms with van der Waals surface area (Å²) in [5.74, 6) is 0.568. The highest BCUT2D eigenvalue weighted by Crippen LogP contribution is 2.25. The number of sulfone groups is 1. The molecule has 2 N–H and O–H groups in total. The minimum absolute atomic E-state index is 0.0804. The number of aromatic nitrogens is 2. The maximum absolute atomic E-state index is 11.6. The van der Waals surface area contributed by atoms with Gasteiger partial charge >= 0.3 is 0 Å². The van der Waals surface area contributed by atoms with Crippen LogP contribution < -0.4 is 10.9 Å². The van der Waals surface area contributed by atoms with Gasteiger partial charge in [-0.2, -0.15) is 0 Å². The lowest BCUT2D eigenvalue weighted by Crippen LogP contribution is -2.25. The van der Waals surface area contributed by atoms with Crippen molar-refractivity contribution in [2.75, 3.05) is 11.5 Å². The van der Waals surface area contributed by atoms with Gasteiger partial charge in [0, 0.05) is 24.6 Å². The van der Waals surface area contributed by atoms with Crippen LogP contribution in [0.5, 0.6) is 0 Å². The maximum atomic E-state index is 11.6. The van der Waals surface area contributed by atoms with Gasteiger partial charge in [-0.05, 0) is 6.42 Å². The minimum Gasteiger partial charge on any atom is -0.310 e. The molecule has 1 aliphatic rings. The zero-order valence-electron chi connectivity index (χ0n) is 11.1. The standard InChI is InChI=1S/C12H19N3O3S/c1-8(2)13-6-10-5-11(16)15-12(14-10)9-3-4-19(17,18)7-9/h5,8-9,13H,3-4,6-7H2,1-2H3,(H,14,15,16). The molecule has 19 heavy (non-hydrogen) atoms. The highest BCUT2D eigenvalue weighted by molar-refractivity contribution is 7.91. The fourth-order valence-electron chi connectivity index (χ4n) is 2.13. The Kier molecular flexibility index (Phi) is 4.05. The van der Waals surface area contributed by atoms with Gasteiger partial charge in [-0.15, -0.1) is 0 Å². The minimum atomic E-state index is -2.97. The van der Waals surface area contributed by atoms with E-state index in [0.29, 0.717) is 30.5 Å². The third-order valence-corrected chi connectivity index (χ3v) is 4.89. The van der Waals surface area contributed by atoms with Crippen molar-refractivity contribution < 1.29 is 8.42 Å². The molecular formula is C12H19N3O3S.